The first-order valence-electron chi connectivity index (χ1n) is 18.6. The molecule has 54 heavy (non-hydrogen) atoms. The lowest BCUT2D eigenvalue weighted by Crippen LogP contribution is -2.15. The number of hydrogen-bond donors (Lipinski definition) is 0. The summed E-state index contributed by atoms with van der Waals surface area (Å²) in [7, 11) is 0. The maximum absolute atomic E-state index is 4.99. The smallest absolute Gasteiger partial charge is 0.164 e. The van der Waals surface area contributed by atoms with Crippen LogP contribution in [0.2, 0.25) is 0 Å². The molecule has 7 aromatic carbocycles. The molecule has 258 valence electrons. The first-order valence-corrected chi connectivity index (χ1v) is 18.6. The molecule has 1 aliphatic rings. The third-order valence-corrected chi connectivity index (χ3v) is 11.3. The fraction of sp³-hybridized carbons (Fsp3) is 0.100. The van der Waals surface area contributed by atoms with Gasteiger partial charge in [-0.1, -0.05) is 141 Å². The highest BCUT2D eigenvalue weighted by Crippen LogP contribution is 2.53. The van der Waals surface area contributed by atoms with Crippen LogP contribution in [0.3, 0.4) is 0 Å². The van der Waals surface area contributed by atoms with Gasteiger partial charge in [0.05, 0.1) is 11.0 Å². The summed E-state index contributed by atoms with van der Waals surface area (Å²) in [6.07, 6.45) is 0. The standard InChI is InChI=1S/C50H38N4/c1-31-23-25-36(54-43-22-14-12-20-40(43)45-44(54)28-27-39-38-19-11-13-21-42(38)50(3,4)46(39)45)30-41(31)37-26-24-35(29-32(37)2)49-52-47(33-15-7-5-8-16-33)51-48(53-49)34-17-9-6-10-18-34/h5-30H,1-4H3. The molecule has 2 aromatic heterocycles. The number of para-hydroxylation sites is 1. The number of benzene rings is 7. The quantitative estimate of drug-likeness (QED) is 0.180. The Labute approximate surface area is 315 Å². The molecule has 0 saturated heterocycles. The normalized spacial score (nSPS) is 13.0. The van der Waals surface area contributed by atoms with E-state index in [2.05, 4.69) is 129 Å². The zero-order valence-corrected chi connectivity index (χ0v) is 30.8. The van der Waals surface area contributed by atoms with E-state index in [1.165, 1.54) is 60.8 Å². The molecule has 0 N–H and O–H groups in total. The van der Waals surface area contributed by atoms with Crippen LogP contribution in [0, 0.1) is 13.8 Å². The van der Waals surface area contributed by atoms with Gasteiger partial charge < -0.3 is 4.57 Å². The van der Waals surface area contributed by atoms with Gasteiger partial charge in [0.15, 0.2) is 17.5 Å². The Hall–Kier alpha value is -6.65. The van der Waals surface area contributed by atoms with E-state index >= 15 is 0 Å². The Morgan fingerprint density at radius 1 is 0.444 bits per heavy atom. The highest BCUT2D eigenvalue weighted by atomic mass is 15.0. The summed E-state index contributed by atoms with van der Waals surface area (Å²) >= 11 is 0. The second kappa shape index (κ2) is 12.2. The molecule has 0 saturated carbocycles. The average molecular weight is 695 g/mol. The lowest BCUT2D eigenvalue weighted by molar-refractivity contribution is 0.666. The van der Waals surface area contributed by atoms with Gasteiger partial charge in [-0.2, -0.15) is 0 Å². The van der Waals surface area contributed by atoms with Crippen molar-refractivity contribution >= 4 is 21.8 Å². The molecule has 9 aromatic rings. The maximum Gasteiger partial charge on any atom is 0.164 e. The fourth-order valence-corrected chi connectivity index (χ4v) is 8.69. The van der Waals surface area contributed by atoms with E-state index < -0.39 is 0 Å². The molecule has 0 atom stereocenters. The van der Waals surface area contributed by atoms with Crippen molar-refractivity contribution in [1.82, 2.24) is 19.5 Å². The SMILES string of the molecule is Cc1cc(-c2nc(-c3ccccc3)nc(-c3ccccc3)n2)ccc1-c1cc(-n2c3ccccc3c3c4c(ccc32)-c2ccccc2C4(C)C)ccc1C. The van der Waals surface area contributed by atoms with E-state index in [-0.39, 0.29) is 5.41 Å². The van der Waals surface area contributed by atoms with Gasteiger partial charge in [-0.05, 0) is 88.7 Å². The minimum absolute atomic E-state index is 0.111. The predicted molar refractivity (Wildman–Crippen MR) is 223 cm³/mol. The summed E-state index contributed by atoms with van der Waals surface area (Å²) in [5.74, 6) is 1.98. The van der Waals surface area contributed by atoms with Gasteiger partial charge in [-0.15, -0.1) is 0 Å². The second-order valence-corrected chi connectivity index (χ2v) is 15.0. The lowest BCUT2D eigenvalue weighted by atomic mass is 9.80. The third-order valence-electron chi connectivity index (χ3n) is 11.3. The van der Waals surface area contributed by atoms with Gasteiger partial charge in [0, 0.05) is 38.6 Å². The monoisotopic (exact) mass is 694 g/mol. The van der Waals surface area contributed by atoms with Crippen LogP contribution in [-0.2, 0) is 5.41 Å². The van der Waals surface area contributed by atoms with E-state index in [9.17, 15) is 0 Å². The molecule has 2 heterocycles. The maximum atomic E-state index is 4.99. The fourth-order valence-electron chi connectivity index (χ4n) is 8.69. The molecule has 0 aliphatic heterocycles. The first-order chi connectivity index (χ1) is 26.4. The molecule has 0 unspecified atom stereocenters. The zero-order valence-electron chi connectivity index (χ0n) is 30.8. The van der Waals surface area contributed by atoms with Crippen LogP contribution in [0.1, 0.15) is 36.1 Å². The largest absolute Gasteiger partial charge is 0.309 e. The summed E-state index contributed by atoms with van der Waals surface area (Å²) in [5.41, 5.74) is 16.7. The molecular formula is C50H38N4. The molecule has 0 spiro atoms. The van der Waals surface area contributed by atoms with Crippen molar-refractivity contribution in [3.05, 3.63) is 180 Å². The molecule has 10 rings (SSSR count). The number of aromatic nitrogens is 4. The van der Waals surface area contributed by atoms with Crippen LogP contribution in [0.4, 0.5) is 0 Å². The van der Waals surface area contributed by atoms with Crippen molar-refractivity contribution < 1.29 is 0 Å². The Morgan fingerprint density at radius 2 is 1.06 bits per heavy atom. The highest BCUT2D eigenvalue weighted by Gasteiger charge is 2.38. The molecule has 1 aliphatic carbocycles. The van der Waals surface area contributed by atoms with E-state index in [1.807, 2.05) is 60.7 Å². The van der Waals surface area contributed by atoms with E-state index in [1.54, 1.807) is 0 Å². The van der Waals surface area contributed by atoms with Gasteiger partial charge in [0.2, 0.25) is 0 Å². The van der Waals surface area contributed by atoms with Crippen LogP contribution in [0.25, 0.3) is 83.9 Å². The first kappa shape index (κ1) is 32.0. The van der Waals surface area contributed by atoms with Crippen molar-refractivity contribution in [2.24, 2.45) is 0 Å². The number of hydrogen-bond acceptors (Lipinski definition) is 3. The van der Waals surface area contributed by atoms with Gasteiger partial charge in [-0.3, -0.25) is 0 Å². The van der Waals surface area contributed by atoms with Crippen LogP contribution in [0.15, 0.2) is 158 Å². The third kappa shape index (κ3) is 4.94. The van der Waals surface area contributed by atoms with E-state index in [0.717, 1.165) is 27.9 Å². The topological polar surface area (TPSA) is 43.6 Å². The second-order valence-electron chi connectivity index (χ2n) is 15.0. The summed E-state index contributed by atoms with van der Waals surface area (Å²) in [5, 5.41) is 2.63. The Morgan fingerprint density at radius 3 is 1.76 bits per heavy atom. The number of rotatable bonds is 5. The molecular weight excluding hydrogens is 657 g/mol. The molecule has 4 nitrogen and oxygen atoms in total. The Kier molecular flexibility index (Phi) is 7.24. The van der Waals surface area contributed by atoms with Crippen molar-refractivity contribution in [1.29, 1.82) is 0 Å². The van der Waals surface area contributed by atoms with Crippen LogP contribution in [-0.4, -0.2) is 19.5 Å². The molecule has 0 bridgehead atoms. The van der Waals surface area contributed by atoms with Crippen molar-refractivity contribution in [2.45, 2.75) is 33.1 Å². The minimum atomic E-state index is -0.111. The van der Waals surface area contributed by atoms with Gasteiger partial charge >= 0.3 is 0 Å². The van der Waals surface area contributed by atoms with Crippen LogP contribution in [0.5, 0.6) is 0 Å². The van der Waals surface area contributed by atoms with Gasteiger partial charge in [-0.25, -0.2) is 15.0 Å². The number of fused-ring (bicyclic) bond motifs is 7. The van der Waals surface area contributed by atoms with E-state index in [0.29, 0.717) is 17.5 Å². The van der Waals surface area contributed by atoms with Crippen LogP contribution < -0.4 is 0 Å². The molecule has 0 radical (unpaired) electrons. The van der Waals surface area contributed by atoms with Gasteiger partial charge in [0.1, 0.15) is 0 Å². The summed E-state index contributed by atoms with van der Waals surface area (Å²) in [6.45, 7) is 9.14. The Balaban J connectivity index is 1.10. The number of aryl methyl sites for hydroxylation is 2. The number of nitrogens with zero attached hydrogens (tertiary/aromatic N) is 4. The van der Waals surface area contributed by atoms with Crippen molar-refractivity contribution in [2.75, 3.05) is 0 Å². The summed E-state index contributed by atoms with van der Waals surface area (Å²) in [6, 6.07) is 56.2. The van der Waals surface area contributed by atoms with Crippen molar-refractivity contribution in [3.8, 4) is 62.1 Å². The summed E-state index contributed by atoms with van der Waals surface area (Å²) in [4.78, 5) is 14.9. The Bertz CT molecular complexity index is 2860. The lowest BCUT2D eigenvalue weighted by Gasteiger charge is -2.22. The van der Waals surface area contributed by atoms with Gasteiger partial charge in [0.25, 0.3) is 0 Å². The molecule has 0 fully saturated rings. The van der Waals surface area contributed by atoms with Crippen molar-refractivity contribution in [3.63, 3.8) is 0 Å². The molecule has 0 amide bonds. The predicted octanol–water partition coefficient (Wildman–Crippen LogP) is 12.6. The minimum Gasteiger partial charge on any atom is -0.309 e. The summed E-state index contributed by atoms with van der Waals surface area (Å²) < 4.78 is 2.46. The average Bonchev–Trinajstić information content (AvgIpc) is 3.67. The zero-order chi connectivity index (χ0) is 36.6. The van der Waals surface area contributed by atoms with E-state index in [4.69, 9.17) is 15.0 Å². The molecule has 4 heteroatoms. The highest BCUT2D eigenvalue weighted by molar-refractivity contribution is 6.14. The van der Waals surface area contributed by atoms with Crippen LogP contribution >= 0.6 is 0 Å².